The van der Waals surface area contributed by atoms with E-state index in [0.717, 1.165) is 26.9 Å². The molecule has 0 saturated carbocycles. The summed E-state index contributed by atoms with van der Waals surface area (Å²) < 4.78 is 1.14. The number of unbranched alkanes of at least 4 members (excludes halogenated alkanes) is 1. The van der Waals surface area contributed by atoms with Gasteiger partial charge in [-0.2, -0.15) is 11.8 Å². The highest BCUT2D eigenvalue weighted by molar-refractivity contribution is 7.98. The molecule has 1 heterocycles. The molecule has 0 radical (unpaired) electrons. The zero-order chi connectivity index (χ0) is 12.1. The van der Waals surface area contributed by atoms with Gasteiger partial charge in [-0.05, 0) is 43.0 Å². The van der Waals surface area contributed by atoms with Crippen LogP contribution >= 0.6 is 34.7 Å². The fourth-order valence-corrected chi connectivity index (χ4v) is 3.20. The highest BCUT2D eigenvalue weighted by Gasteiger charge is 2.03. The van der Waals surface area contributed by atoms with Crippen LogP contribution in [-0.4, -0.2) is 23.5 Å². The van der Waals surface area contributed by atoms with Crippen molar-refractivity contribution in [2.75, 3.05) is 23.9 Å². The predicted octanol–water partition coefficient (Wildman–Crippen LogP) is 4.50. The first-order valence-electron chi connectivity index (χ1n) is 5.58. The second-order valence-corrected chi connectivity index (χ2v) is 6.21. The highest BCUT2D eigenvalue weighted by Crippen LogP contribution is 2.28. The molecule has 2 aromatic rings. The van der Waals surface area contributed by atoms with Gasteiger partial charge < -0.3 is 5.32 Å². The van der Waals surface area contributed by atoms with Crippen LogP contribution < -0.4 is 5.32 Å². The van der Waals surface area contributed by atoms with E-state index in [9.17, 15) is 0 Å². The average molecular weight is 287 g/mol. The molecule has 2 rings (SSSR count). The van der Waals surface area contributed by atoms with Gasteiger partial charge in [0.2, 0.25) is 0 Å². The molecule has 2 nitrogen and oxygen atoms in total. The van der Waals surface area contributed by atoms with E-state index in [1.807, 2.05) is 30.0 Å². The van der Waals surface area contributed by atoms with Crippen molar-refractivity contribution in [3.63, 3.8) is 0 Å². The Bertz CT molecular complexity index is 484. The third-order valence-electron chi connectivity index (χ3n) is 2.40. The van der Waals surface area contributed by atoms with Crippen molar-refractivity contribution in [3.8, 4) is 0 Å². The largest absolute Gasteiger partial charge is 0.361 e. The topological polar surface area (TPSA) is 24.9 Å². The smallest absolute Gasteiger partial charge is 0.183 e. The number of thiazole rings is 1. The third-order valence-corrected chi connectivity index (χ3v) is 4.31. The number of hydrogen-bond acceptors (Lipinski definition) is 4. The van der Waals surface area contributed by atoms with Gasteiger partial charge in [0.15, 0.2) is 5.13 Å². The van der Waals surface area contributed by atoms with Gasteiger partial charge in [-0.3, -0.25) is 0 Å². The molecule has 1 N–H and O–H groups in total. The van der Waals surface area contributed by atoms with E-state index in [1.54, 1.807) is 11.3 Å². The minimum atomic E-state index is 0.771. The number of halogens is 1. The van der Waals surface area contributed by atoms with Crippen LogP contribution in [0.2, 0.25) is 5.02 Å². The first kappa shape index (κ1) is 13.0. The van der Waals surface area contributed by atoms with Crippen molar-refractivity contribution < 1.29 is 0 Å². The summed E-state index contributed by atoms with van der Waals surface area (Å²) in [7, 11) is 0. The van der Waals surface area contributed by atoms with Crippen molar-refractivity contribution in [1.29, 1.82) is 0 Å². The molecule has 0 atom stereocenters. The van der Waals surface area contributed by atoms with E-state index in [1.165, 1.54) is 18.6 Å². The maximum Gasteiger partial charge on any atom is 0.183 e. The number of nitrogens with zero attached hydrogens (tertiary/aromatic N) is 1. The number of thioether (sulfide) groups is 1. The molecule has 0 bridgehead atoms. The first-order chi connectivity index (χ1) is 8.29. The lowest BCUT2D eigenvalue weighted by molar-refractivity contribution is 0.843. The maximum atomic E-state index is 5.95. The van der Waals surface area contributed by atoms with Gasteiger partial charge in [0.05, 0.1) is 10.2 Å². The fourth-order valence-electron chi connectivity index (χ4n) is 1.54. The van der Waals surface area contributed by atoms with E-state index in [2.05, 4.69) is 16.6 Å². The van der Waals surface area contributed by atoms with Crippen molar-refractivity contribution in [2.45, 2.75) is 12.8 Å². The molecule has 0 spiro atoms. The van der Waals surface area contributed by atoms with E-state index < -0.39 is 0 Å². The standard InChI is InChI=1S/C12H15ClN2S2/c1-16-7-3-2-6-14-12-15-10-5-4-9(13)8-11(10)17-12/h4-5,8H,2-3,6-7H2,1H3,(H,14,15). The molecule has 17 heavy (non-hydrogen) atoms. The van der Waals surface area contributed by atoms with Gasteiger partial charge in [-0.25, -0.2) is 4.98 Å². The summed E-state index contributed by atoms with van der Waals surface area (Å²) in [6, 6.07) is 5.81. The van der Waals surface area contributed by atoms with Crippen LogP contribution in [-0.2, 0) is 0 Å². The number of rotatable bonds is 6. The summed E-state index contributed by atoms with van der Waals surface area (Å²) in [5.74, 6) is 1.23. The second kappa shape index (κ2) is 6.47. The number of nitrogens with one attached hydrogen (secondary N) is 1. The number of hydrogen-bond donors (Lipinski definition) is 1. The summed E-state index contributed by atoms with van der Waals surface area (Å²) in [5.41, 5.74) is 1.02. The zero-order valence-electron chi connectivity index (χ0n) is 9.70. The molecule has 1 aromatic carbocycles. The number of anilines is 1. The second-order valence-electron chi connectivity index (χ2n) is 3.76. The maximum absolute atomic E-state index is 5.95. The highest BCUT2D eigenvalue weighted by atomic mass is 35.5. The number of aromatic nitrogens is 1. The summed E-state index contributed by atoms with van der Waals surface area (Å²) in [4.78, 5) is 4.52. The van der Waals surface area contributed by atoms with Gasteiger partial charge in [0.1, 0.15) is 0 Å². The number of benzene rings is 1. The molecular weight excluding hydrogens is 272 g/mol. The van der Waals surface area contributed by atoms with Crippen molar-refractivity contribution in [1.82, 2.24) is 4.98 Å². The zero-order valence-corrected chi connectivity index (χ0v) is 12.1. The Morgan fingerprint density at radius 1 is 1.41 bits per heavy atom. The van der Waals surface area contributed by atoms with Crippen molar-refractivity contribution in [3.05, 3.63) is 23.2 Å². The van der Waals surface area contributed by atoms with Gasteiger partial charge in [0.25, 0.3) is 0 Å². The summed E-state index contributed by atoms with van der Waals surface area (Å²) in [6.45, 7) is 0.994. The minimum absolute atomic E-state index is 0.771. The predicted molar refractivity (Wildman–Crippen MR) is 80.7 cm³/mol. The third kappa shape index (κ3) is 3.76. The summed E-state index contributed by atoms with van der Waals surface area (Å²) in [5, 5.41) is 5.13. The lowest BCUT2D eigenvalue weighted by Crippen LogP contribution is -2.01. The molecule has 0 amide bonds. The van der Waals surface area contributed by atoms with Crippen LogP contribution in [0.4, 0.5) is 5.13 Å². The van der Waals surface area contributed by atoms with Crippen molar-refractivity contribution >= 4 is 50.0 Å². The van der Waals surface area contributed by atoms with Crippen LogP contribution in [0.25, 0.3) is 10.2 Å². The van der Waals surface area contributed by atoms with E-state index in [-0.39, 0.29) is 0 Å². The Morgan fingerprint density at radius 2 is 2.29 bits per heavy atom. The van der Waals surface area contributed by atoms with Crippen LogP contribution in [0, 0.1) is 0 Å². The molecule has 0 saturated heterocycles. The van der Waals surface area contributed by atoms with Gasteiger partial charge in [0, 0.05) is 11.6 Å². The van der Waals surface area contributed by atoms with E-state index in [0.29, 0.717) is 0 Å². The Hall–Kier alpha value is -0.450. The van der Waals surface area contributed by atoms with Gasteiger partial charge in [-0.15, -0.1) is 0 Å². The Balaban J connectivity index is 1.91. The quantitative estimate of drug-likeness (QED) is 0.791. The SMILES string of the molecule is CSCCCCNc1nc2ccc(Cl)cc2s1. The Labute approximate surface area is 115 Å². The molecular formula is C12H15ClN2S2. The Morgan fingerprint density at radius 3 is 3.12 bits per heavy atom. The van der Waals surface area contributed by atoms with E-state index in [4.69, 9.17) is 11.6 Å². The number of fused-ring (bicyclic) bond motifs is 1. The normalized spacial score (nSPS) is 10.9. The fraction of sp³-hybridized carbons (Fsp3) is 0.417. The molecule has 5 heteroatoms. The van der Waals surface area contributed by atoms with Crippen LogP contribution in [0.5, 0.6) is 0 Å². The summed E-state index contributed by atoms with van der Waals surface area (Å²) >= 11 is 9.51. The lowest BCUT2D eigenvalue weighted by atomic mass is 10.3. The van der Waals surface area contributed by atoms with E-state index >= 15 is 0 Å². The molecule has 0 aliphatic carbocycles. The Kier molecular flexibility index (Phi) is 4.95. The van der Waals surface area contributed by atoms with Crippen LogP contribution in [0.1, 0.15) is 12.8 Å². The lowest BCUT2D eigenvalue weighted by Gasteiger charge is -2.00. The molecule has 1 aromatic heterocycles. The van der Waals surface area contributed by atoms with Gasteiger partial charge >= 0.3 is 0 Å². The monoisotopic (exact) mass is 286 g/mol. The average Bonchev–Trinajstić information content (AvgIpc) is 2.70. The molecule has 0 fully saturated rings. The van der Waals surface area contributed by atoms with Crippen LogP contribution in [0.3, 0.4) is 0 Å². The van der Waals surface area contributed by atoms with Crippen molar-refractivity contribution in [2.24, 2.45) is 0 Å². The first-order valence-corrected chi connectivity index (χ1v) is 8.17. The molecule has 0 aliphatic heterocycles. The molecule has 92 valence electrons. The van der Waals surface area contributed by atoms with Crippen LogP contribution in [0.15, 0.2) is 18.2 Å². The molecule has 0 aliphatic rings. The summed E-state index contributed by atoms with van der Waals surface area (Å²) in [6.07, 6.45) is 4.59. The molecule has 0 unspecified atom stereocenters. The minimum Gasteiger partial charge on any atom is -0.361 e. The van der Waals surface area contributed by atoms with Gasteiger partial charge in [-0.1, -0.05) is 22.9 Å².